The SMILES string of the molecule is Cc1ccc(C(=O)NC(C)Cc2ccco2)c(C)c1. The van der Waals surface area contributed by atoms with Gasteiger partial charge in [0.15, 0.2) is 0 Å². The van der Waals surface area contributed by atoms with Crippen LogP contribution < -0.4 is 5.32 Å². The molecule has 1 aromatic carbocycles. The molecule has 0 aliphatic heterocycles. The quantitative estimate of drug-likeness (QED) is 0.913. The smallest absolute Gasteiger partial charge is 0.251 e. The summed E-state index contributed by atoms with van der Waals surface area (Å²) in [6, 6.07) is 9.66. The van der Waals surface area contributed by atoms with E-state index in [4.69, 9.17) is 4.42 Å². The number of amides is 1. The second-order valence-corrected chi connectivity index (χ2v) is 4.98. The Kier molecular flexibility index (Phi) is 4.05. The van der Waals surface area contributed by atoms with Crippen molar-refractivity contribution in [2.75, 3.05) is 0 Å². The lowest BCUT2D eigenvalue weighted by Gasteiger charge is -2.14. The van der Waals surface area contributed by atoms with Crippen LogP contribution in [0.15, 0.2) is 41.0 Å². The van der Waals surface area contributed by atoms with Gasteiger partial charge >= 0.3 is 0 Å². The molecule has 1 atom stereocenters. The summed E-state index contributed by atoms with van der Waals surface area (Å²) in [5.74, 6) is 0.852. The van der Waals surface area contributed by atoms with Crippen molar-refractivity contribution in [2.24, 2.45) is 0 Å². The van der Waals surface area contributed by atoms with Crippen LogP contribution in [0.2, 0.25) is 0 Å². The molecule has 1 N–H and O–H groups in total. The van der Waals surface area contributed by atoms with Crippen LogP contribution in [-0.2, 0) is 6.42 Å². The van der Waals surface area contributed by atoms with Gasteiger partial charge in [0.05, 0.1) is 6.26 Å². The van der Waals surface area contributed by atoms with Gasteiger partial charge in [0, 0.05) is 18.0 Å². The average molecular weight is 257 g/mol. The van der Waals surface area contributed by atoms with Crippen molar-refractivity contribution in [1.82, 2.24) is 5.32 Å². The molecule has 0 radical (unpaired) electrons. The maximum Gasteiger partial charge on any atom is 0.251 e. The molecule has 0 aliphatic carbocycles. The first-order chi connectivity index (χ1) is 9.06. The van der Waals surface area contributed by atoms with Crippen molar-refractivity contribution in [2.45, 2.75) is 33.2 Å². The first-order valence-electron chi connectivity index (χ1n) is 6.47. The number of furan rings is 1. The Bertz CT molecular complexity index is 558. The second-order valence-electron chi connectivity index (χ2n) is 4.98. The molecule has 1 heterocycles. The van der Waals surface area contributed by atoms with Crippen molar-refractivity contribution in [3.8, 4) is 0 Å². The Morgan fingerprint density at radius 1 is 1.32 bits per heavy atom. The summed E-state index contributed by atoms with van der Waals surface area (Å²) in [5, 5.41) is 3.00. The molecule has 1 unspecified atom stereocenters. The molecule has 3 heteroatoms. The summed E-state index contributed by atoms with van der Waals surface area (Å²) < 4.78 is 5.28. The molecule has 0 spiro atoms. The van der Waals surface area contributed by atoms with E-state index in [-0.39, 0.29) is 11.9 Å². The molecule has 0 aliphatic rings. The molecule has 19 heavy (non-hydrogen) atoms. The van der Waals surface area contributed by atoms with Crippen LogP contribution in [0.1, 0.15) is 34.2 Å². The van der Waals surface area contributed by atoms with E-state index in [0.29, 0.717) is 6.42 Å². The number of benzene rings is 1. The van der Waals surface area contributed by atoms with Gasteiger partial charge in [-0.25, -0.2) is 0 Å². The lowest BCUT2D eigenvalue weighted by atomic mass is 10.0. The van der Waals surface area contributed by atoms with Crippen molar-refractivity contribution in [3.63, 3.8) is 0 Å². The fraction of sp³-hybridized carbons (Fsp3) is 0.312. The Morgan fingerprint density at radius 2 is 2.11 bits per heavy atom. The van der Waals surface area contributed by atoms with Crippen LogP contribution in [-0.4, -0.2) is 11.9 Å². The van der Waals surface area contributed by atoms with Gasteiger partial charge in [-0.2, -0.15) is 0 Å². The summed E-state index contributed by atoms with van der Waals surface area (Å²) in [6.07, 6.45) is 2.34. The molecule has 0 fully saturated rings. The number of rotatable bonds is 4. The lowest BCUT2D eigenvalue weighted by Crippen LogP contribution is -2.34. The van der Waals surface area contributed by atoms with Gasteiger partial charge in [-0.15, -0.1) is 0 Å². The Labute approximate surface area is 113 Å². The maximum atomic E-state index is 12.2. The van der Waals surface area contributed by atoms with Crippen LogP contribution in [0.3, 0.4) is 0 Å². The number of hydrogen-bond donors (Lipinski definition) is 1. The normalized spacial score (nSPS) is 12.2. The van der Waals surface area contributed by atoms with Gasteiger partial charge in [0.1, 0.15) is 5.76 Å². The van der Waals surface area contributed by atoms with Gasteiger partial charge in [-0.05, 0) is 44.5 Å². The molecule has 2 aromatic rings. The number of aryl methyl sites for hydroxylation is 2. The Morgan fingerprint density at radius 3 is 2.74 bits per heavy atom. The third kappa shape index (κ3) is 3.47. The Balaban J connectivity index is 2.00. The minimum atomic E-state index is -0.0310. The van der Waals surface area contributed by atoms with Crippen LogP contribution >= 0.6 is 0 Å². The number of hydrogen-bond acceptors (Lipinski definition) is 2. The van der Waals surface area contributed by atoms with E-state index in [1.54, 1.807) is 6.26 Å². The summed E-state index contributed by atoms with van der Waals surface area (Å²) in [4.78, 5) is 12.2. The van der Waals surface area contributed by atoms with Crippen molar-refractivity contribution >= 4 is 5.91 Å². The van der Waals surface area contributed by atoms with E-state index in [1.165, 1.54) is 0 Å². The number of nitrogens with one attached hydrogen (secondary N) is 1. The average Bonchev–Trinajstić information content (AvgIpc) is 2.81. The third-order valence-electron chi connectivity index (χ3n) is 3.09. The van der Waals surface area contributed by atoms with E-state index in [2.05, 4.69) is 5.32 Å². The summed E-state index contributed by atoms with van der Waals surface area (Å²) in [6.45, 7) is 5.96. The van der Waals surface area contributed by atoms with Gasteiger partial charge in [-0.3, -0.25) is 4.79 Å². The Hall–Kier alpha value is -2.03. The van der Waals surface area contributed by atoms with Crippen LogP contribution in [0, 0.1) is 13.8 Å². The minimum absolute atomic E-state index is 0.0310. The summed E-state index contributed by atoms with van der Waals surface area (Å²) in [5.41, 5.74) is 2.90. The van der Waals surface area contributed by atoms with Gasteiger partial charge in [-0.1, -0.05) is 17.7 Å². The molecule has 2 rings (SSSR count). The lowest BCUT2D eigenvalue weighted by molar-refractivity contribution is 0.0938. The second kappa shape index (κ2) is 5.74. The molecule has 1 aromatic heterocycles. The highest BCUT2D eigenvalue weighted by molar-refractivity contribution is 5.95. The zero-order valence-electron chi connectivity index (χ0n) is 11.6. The maximum absolute atomic E-state index is 12.2. The van der Waals surface area contributed by atoms with Gasteiger partial charge < -0.3 is 9.73 Å². The minimum Gasteiger partial charge on any atom is -0.469 e. The van der Waals surface area contributed by atoms with E-state index in [9.17, 15) is 4.79 Å². The van der Waals surface area contributed by atoms with E-state index < -0.39 is 0 Å². The monoisotopic (exact) mass is 257 g/mol. The van der Waals surface area contributed by atoms with Crippen LogP contribution in [0.5, 0.6) is 0 Å². The molecular formula is C16H19NO2. The van der Waals surface area contributed by atoms with Gasteiger partial charge in [0.25, 0.3) is 5.91 Å². The van der Waals surface area contributed by atoms with Crippen LogP contribution in [0.4, 0.5) is 0 Å². The highest BCUT2D eigenvalue weighted by atomic mass is 16.3. The molecule has 0 saturated carbocycles. The van der Waals surface area contributed by atoms with Crippen molar-refractivity contribution in [1.29, 1.82) is 0 Å². The number of carbonyl (C=O) groups is 1. The van der Waals surface area contributed by atoms with E-state index >= 15 is 0 Å². The van der Waals surface area contributed by atoms with E-state index in [0.717, 1.165) is 22.5 Å². The standard InChI is InChI=1S/C16H19NO2/c1-11-6-7-15(12(2)9-11)16(18)17-13(3)10-14-5-4-8-19-14/h4-9,13H,10H2,1-3H3,(H,17,18). The highest BCUT2D eigenvalue weighted by Gasteiger charge is 2.13. The number of carbonyl (C=O) groups excluding carboxylic acids is 1. The first kappa shape index (κ1) is 13.4. The summed E-state index contributed by atoms with van der Waals surface area (Å²) in [7, 11) is 0. The predicted octanol–water partition coefficient (Wildman–Crippen LogP) is 3.26. The zero-order chi connectivity index (χ0) is 13.8. The first-order valence-corrected chi connectivity index (χ1v) is 6.47. The molecule has 0 bridgehead atoms. The zero-order valence-corrected chi connectivity index (χ0v) is 11.6. The summed E-state index contributed by atoms with van der Waals surface area (Å²) >= 11 is 0. The molecule has 3 nitrogen and oxygen atoms in total. The molecular weight excluding hydrogens is 238 g/mol. The predicted molar refractivity (Wildman–Crippen MR) is 75.3 cm³/mol. The van der Waals surface area contributed by atoms with Crippen molar-refractivity contribution < 1.29 is 9.21 Å². The van der Waals surface area contributed by atoms with Gasteiger partial charge in [0.2, 0.25) is 0 Å². The highest BCUT2D eigenvalue weighted by Crippen LogP contribution is 2.11. The fourth-order valence-corrected chi connectivity index (χ4v) is 2.15. The molecule has 100 valence electrons. The fourth-order valence-electron chi connectivity index (χ4n) is 2.15. The molecule has 0 saturated heterocycles. The van der Waals surface area contributed by atoms with E-state index in [1.807, 2.05) is 51.1 Å². The molecule has 1 amide bonds. The van der Waals surface area contributed by atoms with Crippen molar-refractivity contribution in [3.05, 3.63) is 59.0 Å². The largest absolute Gasteiger partial charge is 0.469 e. The topological polar surface area (TPSA) is 42.2 Å². The van der Waals surface area contributed by atoms with Crippen LogP contribution in [0.25, 0.3) is 0 Å². The third-order valence-corrected chi connectivity index (χ3v) is 3.09.